The maximum absolute atomic E-state index is 3.27. The average Bonchev–Trinajstić information content (AvgIpc) is 3.08. The van der Waals surface area contributed by atoms with E-state index in [1.54, 1.807) is 0 Å². The van der Waals surface area contributed by atoms with E-state index in [4.69, 9.17) is 0 Å². The van der Waals surface area contributed by atoms with Gasteiger partial charge in [-0.2, -0.15) is 0 Å². The lowest BCUT2D eigenvalue weighted by Crippen LogP contribution is -1.97. The summed E-state index contributed by atoms with van der Waals surface area (Å²) < 4.78 is 2.44. The number of hydrogen-bond donors (Lipinski definition) is 1. The van der Waals surface area contributed by atoms with E-state index in [1.807, 2.05) is 6.20 Å². The number of aromatic amines is 1. The molecule has 2 heterocycles. The smallest absolute Gasteiger partial charge is 0.0521 e. The van der Waals surface area contributed by atoms with Crippen molar-refractivity contribution in [3.63, 3.8) is 0 Å². The lowest BCUT2D eigenvalue weighted by atomic mass is 10.0. The summed E-state index contributed by atoms with van der Waals surface area (Å²) in [7, 11) is 0. The zero-order valence-corrected chi connectivity index (χ0v) is 13.3. The predicted octanol–water partition coefficient (Wildman–Crippen LogP) is 5.43. The Bertz CT molecular complexity index is 986. The molecule has 110 valence electrons. The topological polar surface area (TPSA) is 20.7 Å². The highest BCUT2D eigenvalue weighted by atomic mass is 15.0. The standard InChI is InChI=1S/C20H20N2/c1-4-22-19-11-13(2)5-7-17(19)14(3)20(22)16-6-8-18-15(12-16)9-10-21-18/h5-12,21H,4H2,1-3H3. The first-order valence-electron chi connectivity index (χ1n) is 7.86. The fraction of sp³-hybridized carbons (Fsp3) is 0.200. The number of aryl methyl sites for hydroxylation is 3. The molecule has 4 aromatic rings. The molecule has 0 radical (unpaired) electrons. The SMILES string of the molecule is CCn1c(-c2ccc3[nH]ccc3c2)c(C)c2ccc(C)cc21. The van der Waals surface area contributed by atoms with Crippen molar-refractivity contribution < 1.29 is 0 Å². The van der Waals surface area contributed by atoms with Gasteiger partial charge in [0.15, 0.2) is 0 Å². The number of nitrogens with zero attached hydrogens (tertiary/aromatic N) is 1. The third-order valence-electron chi connectivity index (χ3n) is 4.62. The highest BCUT2D eigenvalue weighted by Gasteiger charge is 2.15. The van der Waals surface area contributed by atoms with E-state index in [9.17, 15) is 0 Å². The van der Waals surface area contributed by atoms with Crippen LogP contribution in [-0.2, 0) is 6.54 Å². The molecule has 0 spiro atoms. The second-order valence-corrected chi connectivity index (χ2v) is 6.02. The normalized spacial score (nSPS) is 11.6. The number of rotatable bonds is 2. The van der Waals surface area contributed by atoms with Crippen LogP contribution in [-0.4, -0.2) is 9.55 Å². The van der Waals surface area contributed by atoms with Gasteiger partial charge in [0.05, 0.1) is 5.69 Å². The molecule has 2 nitrogen and oxygen atoms in total. The summed E-state index contributed by atoms with van der Waals surface area (Å²) in [6, 6.07) is 15.6. The molecule has 2 aromatic carbocycles. The quantitative estimate of drug-likeness (QED) is 0.508. The maximum atomic E-state index is 3.27. The van der Waals surface area contributed by atoms with Gasteiger partial charge in [-0.05, 0) is 61.7 Å². The summed E-state index contributed by atoms with van der Waals surface area (Å²) in [6.45, 7) is 7.60. The molecule has 0 aliphatic carbocycles. The minimum atomic E-state index is 0.980. The van der Waals surface area contributed by atoms with Crippen LogP contribution < -0.4 is 0 Å². The van der Waals surface area contributed by atoms with Crippen molar-refractivity contribution >= 4 is 21.8 Å². The number of benzene rings is 2. The Labute approximate surface area is 130 Å². The first-order chi connectivity index (χ1) is 10.7. The molecule has 1 N–H and O–H groups in total. The molecule has 0 saturated heterocycles. The van der Waals surface area contributed by atoms with E-state index in [0.29, 0.717) is 0 Å². The summed E-state index contributed by atoms with van der Waals surface area (Å²) in [5, 5.41) is 2.62. The van der Waals surface area contributed by atoms with Crippen LogP contribution in [0, 0.1) is 13.8 Å². The molecule has 0 bridgehead atoms. The molecule has 0 saturated carbocycles. The fourth-order valence-electron chi connectivity index (χ4n) is 3.53. The molecule has 4 rings (SSSR count). The lowest BCUT2D eigenvalue weighted by molar-refractivity contribution is 0.803. The number of hydrogen-bond acceptors (Lipinski definition) is 0. The van der Waals surface area contributed by atoms with Crippen LogP contribution in [0.3, 0.4) is 0 Å². The monoisotopic (exact) mass is 288 g/mol. The minimum Gasteiger partial charge on any atom is -0.361 e. The summed E-state index contributed by atoms with van der Waals surface area (Å²) in [5.41, 5.74) is 7.84. The van der Waals surface area contributed by atoms with Gasteiger partial charge in [-0.1, -0.05) is 18.2 Å². The third kappa shape index (κ3) is 1.80. The summed E-state index contributed by atoms with van der Waals surface area (Å²) >= 11 is 0. The highest BCUT2D eigenvalue weighted by Crippen LogP contribution is 2.34. The molecular weight excluding hydrogens is 268 g/mol. The Balaban J connectivity index is 2.06. The summed E-state index contributed by atoms with van der Waals surface area (Å²) in [4.78, 5) is 3.27. The van der Waals surface area contributed by atoms with E-state index >= 15 is 0 Å². The van der Waals surface area contributed by atoms with Gasteiger partial charge in [-0.15, -0.1) is 0 Å². The Morgan fingerprint density at radius 2 is 1.86 bits per heavy atom. The zero-order valence-electron chi connectivity index (χ0n) is 13.3. The van der Waals surface area contributed by atoms with Gasteiger partial charge in [0, 0.05) is 34.5 Å². The van der Waals surface area contributed by atoms with Crippen molar-refractivity contribution in [1.29, 1.82) is 0 Å². The molecule has 0 aliphatic rings. The maximum Gasteiger partial charge on any atom is 0.0521 e. The second kappa shape index (κ2) is 4.77. The van der Waals surface area contributed by atoms with Crippen molar-refractivity contribution in [2.45, 2.75) is 27.3 Å². The first kappa shape index (κ1) is 13.2. The molecule has 22 heavy (non-hydrogen) atoms. The lowest BCUT2D eigenvalue weighted by Gasteiger charge is -2.10. The second-order valence-electron chi connectivity index (χ2n) is 6.02. The molecule has 0 atom stereocenters. The Morgan fingerprint density at radius 1 is 1.00 bits per heavy atom. The summed E-state index contributed by atoms with van der Waals surface area (Å²) in [6.07, 6.45) is 2.00. The van der Waals surface area contributed by atoms with Crippen LogP contribution in [0.25, 0.3) is 33.1 Å². The van der Waals surface area contributed by atoms with E-state index < -0.39 is 0 Å². The van der Waals surface area contributed by atoms with E-state index in [-0.39, 0.29) is 0 Å². The van der Waals surface area contributed by atoms with Crippen molar-refractivity contribution in [3.05, 3.63) is 59.8 Å². The van der Waals surface area contributed by atoms with Crippen LogP contribution in [0.1, 0.15) is 18.1 Å². The van der Waals surface area contributed by atoms with Crippen LogP contribution in [0.15, 0.2) is 48.7 Å². The van der Waals surface area contributed by atoms with Crippen molar-refractivity contribution in [1.82, 2.24) is 9.55 Å². The number of H-pyrrole nitrogens is 1. The van der Waals surface area contributed by atoms with Gasteiger partial charge in [-0.3, -0.25) is 0 Å². The first-order valence-corrected chi connectivity index (χ1v) is 7.86. The van der Waals surface area contributed by atoms with Crippen LogP contribution in [0.5, 0.6) is 0 Å². The predicted molar refractivity (Wildman–Crippen MR) is 94.4 cm³/mol. The largest absolute Gasteiger partial charge is 0.361 e. The Hall–Kier alpha value is -2.48. The van der Waals surface area contributed by atoms with Gasteiger partial charge >= 0.3 is 0 Å². The van der Waals surface area contributed by atoms with E-state index in [0.717, 1.165) is 6.54 Å². The minimum absolute atomic E-state index is 0.980. The Morgan fingerprint density at radius 3 is 2.68 bits per heavy atom. The molecule has 0 aliphatic heterocycles. The molecule has 0 amide bonds. The number of aromatic nitrogens is 2. The van der Waals surface area contributed by atoms with Crippen LogP contribution in [0.2, 0.25) is 0 Å². The average molecular weight is 288 g/mol. The van der Waals surface area contributed by atoms with Gasteiger partial charge in [0.25, 0.3) is 0 Å². The number of nitrogens with one attached hydrogen (secondary N) is 1. The molecular formula is C20H20N2. The van der Waals surface area contributed by atoms with Gasteiger partial charge in [0.1, 0.15) is 0 Å². The van der Waals surface area contributed by atoms with E-state index in [1.165, 1.54) is 44.2 Å². The summed E-state index contributed by atoms with van der Waals surface area (Å²) in [5.74, 6) is 0. The zero-order chi connectivity index (χ0) is 15.3. The number of fused-ring (bicyclic) bond motifs is 2. The molecule has 2 heteroatoms. The third-order valence-corrected chi connectivity index (χ3v) is 4.62. The van der Waals surface area contributed by atoms with Gasteiger partial charge in [-0.25, -0.2) is 0 Å². The van der Waals surface area contributed by atoms with Crippen molar-refractivity contribution in [2.75, 3.05) is 0 Å². The Kier molecular flexibility index (Phi) is 2.86. The van der Waals surface area contributed by atoms with Crippen molar-refractivity contribution in [2.24, 2.45) is 0 Å². The van der Waals surface area contributed by atoms with Crippen LogP contribution in [0.4, 0.5) is 0 Å². The van der Waals surface area contributed by atoms with E-state index in [2.05, 4.69) is 72.8 Å². The molecule has 0 unspecified atom stereocenters. The van der Waals surface area contributed by atoms with Gasteiger partial charge < -0.3 is 9.55 Å². The van der Waals surface area contributed by atoms with Gasteiger partial charge in [0.2, 0.25) is 0 Å². The highest BCUT2D eigenvalue weighted by molar-refractivity contribution is 5.94. The fourth-order valence-corrected chi connectivity index (χ4v) is 3.53. The van der Waals surface area contributed by atoms with Crippen molar-refractivity contribution in [3.8, 4) is 11.3 Å². The molecule has 0 fully saturated rings. The van der Waals surface area contributed by atoms with Crippen LogP contribution >= 0.6 is 0 Å². The molecule has 2 aromatic heterocycles.